The van der Waals surface area contributed by atoms with Crippen molar-refractivity contribution >= 4 is 21.6 Å². The van der Waals surface area contributed by atoms with E-state index in [1.54, 1.807) is 6.20 Å². The molecule has 1 aromatic heterocycles. The summed E-state index contributed by atoms with van der Waals surface area (Å²) in [5, 5.41) is 0. The van der Waals surface area contributed by atoms with E-state index in [0.29, 0.717) is 4.83 Å². The number of aromatic nitrogens is 1. The Bertz CT molecular complexity index is 276. The lowest BCUT2D eigenvalue weighted by Crippen LogP contribution is -2.04. The number of nitrogens with two attached hydrogens (primary N) is 1. The first-order chi connectivity index (χ1) is 6.72. The predicted octanol–water partition coefficient (Wildman–Crippen LogP) is 3.16. The van der Waals surface area contributed by atoms with Crippen LogP contribution in [-0.2, 0) is 6.42 Å². The Morgan fingerprint density at radius 3 is 3.00 bits per heavy atom. The summed E-state index contributed by atoms with van der Waals surface area (Å²) in [5.74, 6) is 0. The van der Waals surface area contributed by atoms with Crippen molar-refractivity contribution in [3.63, 3.8) is 0 Å². The molecule has 0 aromatic carbocycles. The monoisotopic (exact) mass is 256 g/mol. The molecular weight excluding hydrogens is 240 g/mol. The lowest BCUT2D eigenvalue weighted by Gasteiger charge is -2.08. The Kier molecular flexibility index (Phi) is 4.94. The number of hydrogen-bond acceptors (Lipinski definition) is 2. The second kappa shape index (κ2) is 6.02. The number of nitrogen functional groups attached to an aromatic ring is 1. The zero-order valence-corrected chi connectivity index (χ0v) is 10.1. The summed E-state index contributed by atoms with van der Waals surface area (Å²) in [7, 11) is 0. The first kappa shape index (κ1) is 11.5. The van der Waals surface area contributed by atoms with Gasteiger partial charge in [-0.2, -0.15) is 0 Å². The predicted molar refractivity (Wildman–Crippen MR) is 64.6 cm³/mol. The van der Waals surface area contributed by atoms with Crippen LogP contribution in [0.2, 0.25) is 0 Å². The van der Waals surface area contributed by atoms with Gasteiger partial charge >= 0.3 is 0 Å². The summed E-state index contributed by atoms with van der Waals surface area (Å²) in [4.78, 5) is 4.80. The van der Waals surface area contributed by atoms with Gasteiger partial charge < -0.3 is 5.73 Å². The number of hydrogen-bond donors (Lipinski definition) is 1. The van der Waals surface area contributed by atoms with Crippen LogP contribution in [0.15, 0.2) is 18.3 Å². The second-order valence-corrected chi connectivity index (χ2v) is 4.82. The van der Waals surface area contributed by atoms with Gasteiger partial charge in [0.15, 0.2) is 0 Å². The van der Waals surface area contributed by atoms with Gasteiger partial charge in [-0.05, 0) is 18.6 Å². The van der Waals surface area contributed by atoms with E-state index in [0.717, 1.165) is 17.8 Å². The number of pyridine rings is 1. The average molecular weight is 257 g/mol. The molecule has 3 heteroatoms. The van der Waals surface area contributed by atoms with Crippen molar-refractivity contribution in [2.24, 2.45) is 0 Å². The summed E-state index contributed by atoms with van der Waals surface area (Å²) in [6.07, 6.45) is 6.44. The Morgan fingerprint density at radius 2 is 2.36 bits per heavy atom. The van der Waals surface area contributed by atoms with Crippen molar-refractivity contribution in [1.29, 1.82) is 0 Å². The Morgan fingerprint density at radius 1 is 1.57 bits per heavy atom. The third kappa shape index (κ3) is 4.09. The zero-order chi connectivity index (χ0) is 10.4. The van der Waals surface area contributed by atoms with Crippen molar-refractivity contribution in [1.82, 2.24) is 4.98 Å². The normalized spacial score (nSPS) is 12.7. The molecule has 0 bridgehead atoms. The van der Waals surface area contributed by atoms with E-state index in [4.69, 9.17) is 5.73 Å². The van der Waals surface area contributed by atoms with Gasteiger partial charge in [0, 0.05) is 28.8 Å². The summed E-state index contributed by atoms with van der Waals surface area (Å²) < 4.78 is 0. The third-order valence-electron chi connectivity index (χ3n) is 2.14. The standard InChI is InChI=1S/C11H17BrN2/c1-2-3-4-9(12)7-11-8-10(13)5-6-14-11/h5-6,8-9H,2-4,7H2,1H3,(H2,13,14)/t9-/m0/s1. The first-order valence-electron chi connectivity index (χ1n) is 5.07. The van der Waals surface area contributed by atoms with Crippen LogP contribution >= 0.6 is 15.9 Å². The van der Waals surface area contributed by atoms with Gasteiger partial charge in [0.1, 0.15) is 0 Å². The van der Waals surface area contributed by atoms with Crippen LogP contribution in [0.4, 0.5) is 5.69 Å². The molecule has 78 valence electrons. The topological polar surface area (TPSA) is 38.9 Å². The molecule has 0 amide bonds. The van der Waals surface area contributed by atoms with Gasteiger partial charge in [-0.15, -0.1) is 0 Å². The minimum Gasteiger partial charge on any atom is -0.399 e. The molecule has 1 atom stereocenters. The van der Waals surface area contributed by atoms with E-state index in [2.05, 4.69) is 27.8 Å². The highest BCUT2D eigenvalue weighted by Gasteiger charge is 2.05. The molecule has 14 heavy (non-hydrogen) atoms. The van der Waals surface area contributed by atoms with Gasteiger partial charge in [-0.25, -0.2) is 0 Å². The van der Waals surface area contributed by atoms with E-state index < -0.39 is 0 Å². The number of halogens is 1. The van der Waals surface area contributed by atoms with Crippen LogP contribution in [0, 0.1) is 0 Å². The number of rotatable bonds is 5. The largest absolute Gasteiger partial charge is 0.399 e. The lowest BCUT2D eigenvalue weighted by atomic mass is 10.1. The molecule has 0 radical (unpaired) electrons. The molecule has 1 heterocycles. The van der Waals surface area contributed by atoms with Crippen LogP contribution in [-0.4, -0.2) is 9.81 Å². The van der Waals surface area contributed by atoms with Crippen LogP contribution < -0.4 is 5.73 Å². The minimum atomic E-state index is 0.525. The molecule has 0 aliphatic heterocycles. The van der Waals surface area contributed by atoms with Crippen molar-refractivity contribution in [2.75, 3.05) is 5.73 Å². The van der Waals surface area contributed by atoms with Crippen molar-refractivity contribution in [3.05, 3.63) is 24.0 Å². The van der Waals surface area contributed by atoms with Crippen LogP contribution in [0.25, 0.3) is 0 Å². The molecule has 1 aromatic rings. The van der Waals surface area contributed by atoms with Gasteiger partial charge in [-0.1, -0.05) is 35.7 Å². The molecule has 0 spiro atoms. The first-order valence-corrected chi connectivity index (χ1v) is 5.98. The third-order valence-corrected chi connectivity index (χ3v) is 2.92. The quantitative estimate of drug-likeness (QED) is 0.823. The van der Waals surface area contributed by atoms with Crippen LogP contribution in [0.5, 0.6) is 0 Å². The molecule has 2 nitrogen and oxygen atoms in total. The molecule has 0 saturated carbocycles. The van der Waals surface area contributed by atoms with E-state index >= 15 is 0 Å². The zero-order valence-electron chi connectivity index (χ0n) is 8.54. The lowest BCUT2D eigenvalue weighted by molar-refractivity contribution is 0.682. The molecule has 0 aliphatic rings. The second-order valence-electron chi connectivity index (χ2n) is 3.52. The van der Waals surface area contributed by atoms with Gasteiger partial charge in [-0.3, -0.25) is 4.98 Å². The number of anilines is 1. The van der Waals surface area contributed by atoms with Gasteiger partial charge in [0.25, 0.3) is 0 Å². The average Bonchev–Trinajstić information content (AvgIpc) is 2.15. The van der Waals surface area contributed by atoms with Gasteiger partial charge in [0.2, 0.25) is 0 Å². The molecule has 0 aliphatic carbocycles. The van der Waals surface area contributed by atoms with E-state index in [-0.39, 0.29) is 0 Å². The fourth-order valence-corrected chi connectivity index (χ4v) is 2.02. The highest BCUT2D eigenvalue weighted by atomic mass is 79.9. The Labute approximate surface area is 94.0 Å². The molecular formula is C11H17BrN2. The summed E-state index contributed by atoms with van der Waals surface area (Å²) in [6.45, 7) is 2.21. The minimum absolute atomic E-state index is 0.525. The van der Waals surface area contributed by atoms with Crippen molar-refractivity contribution < 1.29 is 0 Å². The molecule has 0 fully saturated rings. The number of nitrogens with zero attached hydrogens (tertiary/aromatic N) is 1. The SMILES string of the molecule is CCCC[C@H](Br)Cc1cc(N)ccn1. The fourth-order valence-electron chi connectivity index (χ4n) is 1.36. The summed E-state index contributed by atoms with van der Waals surface area (Å²) in [6, 6.07) is 3.76. The smallest absolute Gasteiger partial charge is 0.0435 e. The van der Waals surface area contributed by atoms with Crippen LogP contribution in [0.3, 0.4) is 0 Å². The summed E-state index contributed by atoms with van der Waals surface area (Å²) in [5.41, 5.74) is 7.55. The maximum Gasteiger partial charge on any atom is 0.0435 e. The van der Waals surface area contributed by atoms with Gasteiger partial charge in [0.05, 0.1) is 0 Å². The summed E-state index contributed by atoms with van der Waals surface area (Å²) >= 11 is 3.66. The Balaban J connectivity index is 2.43. The maximum atomic E-state index is 5.68. The molecule has 0 saturated heterocycles. The molecule has 1 rings (SSSR count). The number of alkyl halides is 1. The fraction of sp³-hybridized carbons (Fsp3) is 0.545. The molecule has 0 unspecified atom stereocenters. The highest BCUT2D eigenvalue weighted by Crippen LogP contribution is 2.15. The van der Waals surface area contributed by atoms with E-state index in [1.165, 1.54) is 19.3 Å². The van der Waals surface area contributed by atoms with E-state index in [9.17, 15) is 0 Å². The number of unbranched alkanes of at least 4 members (excludes halogenated alkanes) is 1. The van der Waals surface area contributed by atoms with Crippen LogP contribution in [0.1, 0.15) is 31.9 Å². The maximum absolute atomic E-state index is 5.68. The van der Waals surface area contributed by atoms with Crippen molar-refractivity contribution in [3.8, 4) is 0 Å². The molecule has 2 N–H and O–H groups in total. The van der Waals surface area contributed by atoms with Crippen molar-refractivity contribution in [2.45, 2.75) is 37.4 Å². The Hall–Kier alpha value is -0.570. The highest BCUT2D eigenvalue weighted by molar-refractivity contribution is 9.09. The van der Waals surface area contributed by atoms with E-state index in [1.807, 2.05) is 12.1 Å².